The molecular weight excluding hydrogens is 942 g/mol. The van der Waals surface area contributed by atoms with Crippen molar-refractivity contribution in [3.8, 4) is 0 Å². The Morgan fingerprint density at radius 2 is 1.33 bits per heavy atom. The molecule has 0 aromatic carbocycles. The second kappa shape index (κ2) is 33.6. The van der Waals surface area contributed by atoms with Crippen LogP contribution in [0.15, 0.2) is 11.6 Å². The Bertz CT molecular complexity index is 1500. The molecule has 0 aromatic heterocycles. The van der Waals surface area contributed by atoms with E-state index < -0.39 is 7.82 Å². The van der Waals surface area contributed by atoms with Gasteiger partial charge in [-0.25, -0.2) is 9.36 Å². The lowest BCUT2D eigenvalue weighted by Gasteiger charge is -2.58. The van der Waals surface area contributed by atoms with Crippen LogP contribution in [0.4, 0.5) is 4.79 Å². The number of phosphoric ester groups is 1. The Kier molecular flexibility index (Phi) is 29.1. The molecule has 11 nitrogen and oxygen atoms in total. The number of rotatable bonds is 39. The molecule has 5 aliphatic rings. The Morgan fingerprint density at radius 1 is 0.700 bits per heavy atom. The molecule has 4 unspecified atom stereocenters. The van der Waals surface area contributed by atoms with E-state index in [4.69, 9.17) is 32.7 Å². The van der Waals surface area contributed by atoms with Gasteiger partial charge in [0.25, 0.3) is 0 Å². The number of unbranched alkanes of at least 4 members (excludes halogenated alkanes) is 6. The minimum atomic E-state index is -4.07. The van der Waals surface area contributed by atoms with Crippen LogP contribution in [0.3, 0.4) is 0 Å². The van der Waals surface area contributed by atoms with Crippen LogP contribution in [0.2, 0.25) is 0 Å². The fourth-order valence-corrected chi connectivity index (χ4v) is 16.5. The highest BCUT2D eigenvalue weighted by Crippen LogP contribution is 2.67. The number of alkyl carbamates (subject to hydrolysis) is 1. The van der Waals surface area contributed by atoms with Gasteiger partial charge in [0.05, 0.1) is 59.5 Å². The van der Waals surface area contributed by atoms with E-state index in [1.807, 2.05) is 21.6 Å². The first-order valence-corrected chi connectivity index (χ1v) is 32.7. The predicted molar refractivity (Wildman–Crippen MR) is 289 cm³/mol. The molecule has 2 N–H and O–H groups in total. The number of carbonyl (C=O) groups excluding carboxylic acids is 1. The summed E-state index contributed by atoms with van der Waals surface area (Å²) in [5.41, 5.74) is 2.31. The topological polar surface area (TPSA) is 131 Å². The van der Waals surface area contributed by atoms with Crippen molar-refractivity contribution in [2.24, 2.45) is 52.3 Å². The molecule has 0 aromatic rings. The summed E-state index contributed by atoms with van der Waals surface area (Å²) in [6.07, 6.45) is 33.7. The van der Waals surface area contributed by atoms with E-state index in [9.17, 15) is 14.3 Å². The van der Waals surface area contributed by atoms with E-state index >= 15 is 0 Å². The lowest BCUT2D eigenvalue weighted by atomic mass is 9.47. The number of amides is 1. The minimum Gasteiger partial charge on any atom is -0.446 e. The van der Waals surface area contributed by atoms with Crippen LogP contribution < -0.4 is 5.32 Å². The van der Waals surface area contributed by atoms with Gasteiger partial charge >= 0.3 is 13.9 Å². The molecule has 4 saturated carbocycles. The molecule has 1 amide bonds. The number of allylic oxidation sites excluding steroid dienone is 1. The second-order valence-electron chi connectivity index (χ2n) is 22.8. The summed E-state index contributed by atoms with van der Waals surface area (Å²) in [5.74, 6) is 8.41. The zero-order chi connectivity index (χ0) is 49.9. The zero-order valence-corrected chi connectivity index (χ0v) is 47.5. The van der Waals surface area contributed by atoms with E-state index in [0.717, 1.165) is 92.1 Å². The predicted octanol–water partition coefficient (Wildman–Crippen LogP) is 14.8. The van der Waals surface area contributed by atoms with Gasteiger partial charge in [-0.05, 0) is 123 Å². The number of ether oxygens (including phenoxy) is 5. The van der Waals surface area contributed by atoms with Crippen molar-refractivity contribution in [3.05, 3.63) is 11.6 Å². The Balaban J connectivity index is 0.754. The van der Waals surface area contributed by atoms with Crippen LogP contribution >= 0.6 is 29.4 Å². The van der Waals surface area contributed by atoms with Crippen molar-refractivity contribution in [1.29, 1.82) is 0 Å². The summed E-state index contributed by atoms with van der Waals surface area (Å²) in [5, 5.41) is 2.94. The molecule has 70 heavy (non-hydrogen) atoms. The van der Waals surface area contributed by atoms with E-state index in [1.54, 1.807) is 5.57 Å². The normalized spacial score (nSPS) is 28.0. The van der Waals surface area contributed by atoms with Gasteiger partial charge in [0.2, 0.25) is 0 Å². The molecule has 0 spiro atoms. The van der Waals surface area contributed by atoms with Gasteiger partial charge in [0, 0.05) is 31.1 Å². The molecule has 5 rings (SSSR count). The van der Waals surface area contributed by atoms with Gasteiger partial charge in [-0.2, -0.15) is 0 Å². The van der Waals surface area contributed by atoms with Crippen molar-refractivity contribution in [2.75, 3.05) is 84.1 Å². The Labute approximate surface area is 435 Å². The molecule has 9 atom stereocenters. The molecule has 0 saturated heterocycles. The summed E-state index contributed by atoms with van der Waals surface area (Å²) < 4.78 is 50.5. The third-order valence-electron chi connectivity index (χ3n) is 17.4. The van der Waals surface area contributed by atoms with Crippen LogP contribution in [0, 0.1) is 52.3 Å². The highest BCUT2D eigenvalue weighted by atomic mass is 33.1. The van der Waals surface area contributed by atoms with Gasteiger partial charge in [-0.3, -0.25) is 9.05 Å². The molecule has 0 aliphatic heterocycles. The van der Waals surface area contributed by atoms with E-state index in [-0.39, 0.29) is 37.4 Å². The van der Waals surface area contributed by atoms with E-state index in [0.29, 0.717) is 64.6 Å². The fraction of sp³-hybridized carbons (Fsp3) is 0.946. The highest BCUT2D eigenvalue weighted by molar-refractivity contribution is 8.76. The third kappa shape index (κ3) is 21.4. The molecule has 0 heterocycles. The summed E-state index contributed by atoms with van der Waals surface area (Å²) in [6.45, 7) is 16.5. The zero-order valence-electron chi connectivity index (χ0n) is 45.0. The summed E-state index contributed by atoms with van der Waals surface area (Å²) in [7, 11) is -0.0854. The average molecular weight is 1040 g/mol. The first kappa shape index (κ1) is 60.5. The second-order valence-corrected chi connectivity index (χ2v) is 27.0. The van der Waals surface area contributed by atoms with Gasteiger partial charge in [0.15, 0.2) is 0 Å². The molecule has 4 fully saturated rings. The van der Waals surface area contributed by atoms with E-state index in [1.165, 1.54) is 115 Å². The standard InChI is InChI=1S/C56H102NO10PS2/c1-45(2)18-16-19-46(3)51-25-26-52-50-24-23-48-44-49(27-29-55(48,4)53(50)28-30-56(51,52)5)67-54(58)57-31-17-32-61-34-35-62-36-37-63-38-39-64-40-41-66-68(59,60)65-33-13-7-9-15-43-70-69-42-14-8-6-10-20-47-21-11-12-22-47/h23,45-47,49-53H,6-22,24-44H2,1-5H3,(H,57,58)(H,59,60)/t46-,49-,50?,51+,52?,53?,55-,56+/m0/s1. The number of carbonyl (C=O) groups is 1. The van der Waals surface area contributed by atoms with Crippen LogP contribution in [0.5, 0.6) is 0 Å². The van der Waals surface area contributed by atoms with Crippen molar-refractivity contribution in [3.63, 3.8) is 0 Å². The van der Waals surface area contributed by atoms with Gasteiger partial charge in [-0.15, -0.1) is 0 Å². The lowest BCUT2D eigenvalue weighted by Crippen LogP contribution is -2.51. The maximum absolute atomic E-state index is 12.8. The molecule has 14 heteroatoms. The average Bonchev–Trinajstić information content (AvgIpc) is 3.99. The number of hydrogen-bond acceptors (Lipinski definition) is 11. The number of nitrogens with one attached hydrogen (secondary N) is 1. The maximum Gasteiger partial charge on any atom is 0.472 e. The van der Waals surface area contributed by atoms with Crippen LogP contribution in [0.25, 0.3) is 0 Å². The van der Waals surface area contributed by atoms with Gasteiger partial charge in [0.1, 0.15) is 6.10 Å². The SMILES string of the molecule is CC(C)CCC[C@H](C)[C@H]1CCC2C3CC=C4C[C@@H](OC(=O)NCCCOCCOCCOCCOCCOP(=O)(O)OCCCCCCSSCCCCCCC5CCCC5)CC[C@]4(C)C3CC[C@@]21C. The van der Waals surface area contributed by atoms with Gasteiger partial charge < -0.3 is 33.9 Å². The van der Waals surface area contributed by atoms with Crippen molar-refractivity contribution in [2.45, 2.75) is 201 Å². The molecule has 408 valence electrons. The number of fused-ring (bicyclic) bond motifs is 5. The van der Waals surface area contributed by atoms with Crippen molar-refractivity contribution >= 4 is 35.5 Å². The Hall–Kier alpha value is -0.340. The number of phosphoric acid groups is 1. The summed E-state index contributed by atoms with van der Waals surface area (Å²) in [6, 6.07) is 0. The monoisotopic (exact) mass is 1040 g/mol. The highest BCUT2D eigenvalue weighted by Gasteiger charge is 2.59. The smallest absolute Gasteiger partial charge is 0.446 e. The molecular formula is C56H102NO10PS2. The lowest BCUT2D eigenvalue weighted by molar-refractivity contribution is -0.0581. The molecule has 5 aliphatic carbocycles. The first-order valence-electron chi connectivity index (χ1n) is 28.7. The van der Waals surface area contributed by atoms with Crippen LogP contribution in [0.1, 0.15) is 195 Å². The van der Waals surface area contributed by atoms with Gasteiger partial charge in [-0.1, -0.05) is 151 Å². The van der Waals surface area contributed by atoms with Crippen LogP contribution in [-0.2, 0) is 37.3 Å². The summed E-state index contributed by atoms with van der Waals surface area (Å²) in [4.78, 5) is 22.7. The van der Waals surface area contributed by atoms with Crippen molar-refractivity contribution in [1.82, 2.24) is 5.32 Å². The maximum atomic E-state index is 12.8. The molecule has 0 bridgehead atoms. The van der Waals surface area contributed by atoms with E-state index in [2.05, 4.69) is 46.0 Å². The first-order chi connectivity index (χ1) is 33.9. The number of hydrogen-bond donors (Lipinski definition) is 2. The Morgan fingerprint density at radius 3 is 2.01 bits per heavy atom. The quantitative estimate of drug-likeness (QED) is 0.0263. The van der Waals surface area contributed by atoms with Crippen molar-refractivity contribution < 1.29 is 47.0 Å². The fourth-order valence-electron chi connectivity index (χ4n) is 13.5. The third-order valence-corrected chi connectivity index (χ3v) is 21.0. The van der Waals surface area contributed by atoms with Crippen LogP contribution in [-0.4, -0.2) is 101 Å². The minimum absolute atomic E-state index is 0.0232. The summed E-state index contributed by atoms with van der Waals surface area (Å²) >= 11 is 0. The largest absolute Gasteiger partial charge is 0.472 e. The molecule has 0 radical (unpaired) electrons.